The van der Waals surface area contributed by atoms with Crippen molar-refractivity contribution in [1.82, 2.24) is 4.90 Å². The minimum absolute atomic E-state index is 0.143. The standard InChI is InChI=1S/C17H17NO3/c1-13(14-6-3-2-4-7-14)9-10-18-15(12-21-17(18)19)16-8-5-11-20-16/h2-8,11,15H,1,9-10,12H2. The second kappa shape index (κ2) is 5.87. The zero-order valence-electron chi connectivity index (χ0n) is 11.7. The van der Waals surface area contributed by atoms with E-state index in [-0.39, 0.29) is 12.1 Å². The van der Waals surface area contributed by atoms with Gasteiger partial charge in [0.1, 0.15) is 18.4 Å². The quantitative estimate of drug-likeness (QED) is 0.836. The molecule has 3 rings (SSSR count). The van der Waals surface area contributed by atoms with Gasteiger partial charge in [-0.15, -0.1) is 0 Å². The number of carbonyl (C=O) groups is 1. The van der Waals surface area contributed by atoms with E-state index in [4.69, 9.17) is 9.15 Å². The van der Waals surface area contributed by atoms with Crippen LogP contribution in [0.15, 0.2) is 59.7 Å². The molecule has 1 amide bonds. The van der Waals surface area contributed by atoms with E-state index in [1.54, 1.807) is 11.2 Å². The molecule has 0 bridgehead atoms. The third-order valence-corrected chi connectivity index (χ3v) is 3.68. The number of hydrogen-bond donors (Lipinski definition) is 0. The molecule has 0 spiro atoms. The lowest BCUT2D eigenvalue weighted by atomic mass is 10.0. The number of carbonyl (C=O) groups excluding carboxylic acids is 1. The van der Waals surface area contributed by atoms with Crippen LogP contribution in [0.5, 0.6) is 0 Å². The Morgan fingerprint density at radius 3 is 2.76 bits per heavy atom. The summed E-state index contributed by atoms with van der Waals surface area (Å²) in [6.07, 6.45) is 2.02. The highest BCUT2D eigenvalue weighted by atomic mass is 16.6. The predicted molar refractivity (Wildman–Crippen MR) is 79.6 cm³/mol. The number of cyclic esters (lactones) is 1. The van der Waals surface area contributed by atoms with Crippen LogP contribution >= 0.6 is 0 Å². The number of benzene rings is 1. The maximum absolute atomic E-state index is 11.9. The molecule has 0 saturated carbocycles. The van der Waals surface area contributed by atoms with Crippen LogP contribution < -0.4 is 0 Å². The minimum atomic E-state index is -0.294. The lowest BCUT2D eigenvalue weighted by Gasteiger charge is -2.20. The second-order valence-corrected chi connectivity index (χ2v) is 5.02. The lowest BCUT2D eigenvalue weighted by Crippen LogP contribution is -2.28. The summed E-state index contributed by atoms with van der Waals surface area (Å²) in [4.78, 5) is 13.6. The van der Waals surface area contributed by atoms with Gasteiger partial charge in [0.25, 0.3) is 0 Å². The SMILES string of the molecule is C=C(CCN1C(=O)OCC1c1ccco1)c1ccccc1. The molecule has 0 radical (unpaired) electrons. The molecule has 21 heavy (non-hydrogen) atoms. The van der Waals surface area contributed by atoms with Gasteiger partial charge in [-0.25, -0.2) is 4.79 Å². The first kappa shape index (κ1) is 13.5. The van der Waals surface area contributed by atoms with Crippen molar-refractivity contribution in [3.63, 3.8) is 0 Å². The second-order valence-electron chi connectivity index (χ2n) is 5.02. The lowest BCUT2D eigenvalue weighted by molar-refractivity contribution is 0.158. The van der Waals surface area contributed by atoms with Gasteiger partial charge in [0.05, 0.1) is 6.26 Å². The van der Waals surface area contributed by atoms with Gasteiger partial charge in [-0.05, 0) is 29.7 Å². The van der Waals surface area contributed by atoms with Gasteiger partial charge in [0, 0.05) is 6.54 Å². The number of nitrogens with zero attached hydrogens (tertiary/aromatic N) is 1. The highest BCUT2D eigenvalue weighted by molar-refractivity contribution is 5.71. The number of hydrogen-bond acceptors (Lipinski definition) is 3. The van der Waals surface area contributed by atoms with Crippen LogP contribution in [-0.4, -0.2) is 24.1 Å². The average molecular weight is 283 g/mol. The third-order valence-electron chi connectivity index (χ3n) is 3.68. The highest BCUT2D eigenvalue weighted by Crippen LogP contribution is 2.29. The first-order chi connectivity index (χ1) is 10.3. The Hall–Kier alpha value is -2.49. The largest absolute Gasteiger partial charge is 0.467 e. The molecule has 1 unspecified atom stereocenters. The van der Waals surface area contributed by atoms with Crippen LogP contribution in [0.4, 0.5) is 4.79 Å². The summed E-state index contributed by atoms with van der Waals surface area (Å²) in [5, 5.41) is 0. The molecule has 1 atom stereocenters. The van der Waals surface area contributed by atoms with E-state index in [2.05, 4.69) is 6.58 Å². The summed E-state index contributed by atoms with van der Waals surface area (Å²) in [5.74, 6) is 0.756. The number of rotatable bonds is 5. The van der Waals surface area contributed by atoms with E-state index < -0.39 is 0 Å². The number of furan rings is 1. The van der Waals surface area contributed by atoms with Gasteiger partial charge < -0.3 is 9.15 Å². The summed E-state index contributed by atoms with van der Waals surface area (Å²) in [7, 11) is 0. The van der Waals surface area contributed by atoms with Crippen LogP contribution in [0, 0.1) is 0 Å². The van der Waals surface area contributed by atoms with Gasteiger partial charge in [0.15, 0.2) is 0 Å². The summed E-state index contributed by atoms with van der Waals surface area (Å²) in [5.41, 5.74) is 2.10. The van der Waals surface area contributed by atoms with E-state index in [0.717, 1.165) is 16.9 Å². The van der Waals surface area contributed by atoms with Crippen LogP contribution in [0.25, 0.3) is 5.57 Å². The molecule has 2 aromatic rings. The van der Waals surface area contributed by atoms with Crippen molar-refractivity contribution in [2.75, 3.05) is 13.2 Å². The maximum atomic E-state index is 11.9. The summed E-state index contributed by atoms with van der Waals surface area (Å²) in [6.45, 7) is 5.00. The predicted octanol–water partition coefficient (Wildman–Crippen LogP) is 3.88. The van der Waals surface area contributed by atoms with Crippen molar-refractivity contribution in [1.29, 1.82) is 0 Å². The van der Waals surface area contributed by atoms with E-state index in [0.29, 0.717) is 19.6 Å². The highest BCUT2D eigenvalue weighted by Gasteiger charge is 2.35. The monoisotopic (exact) mass is 283 g/mol. The van der Waals surface area contributed by atoms with E-state index in [1.165, 1.54) is 0 Å². The molecule has 1 aromatic carbocycles. The summed E-state index contributed by atoms with van der Waals surface area (Å²) in [6, 6.07) is 13.5. The Kier molecular flexibility index (Phi) is 3.77. The van der Waals surface area contributed by atoms with Crippen molar-refractivity contribution in [3.05, 3.63) is 66.6 Å². The smallest absolute Gasteiger partial charge is 0.410 e. The molecule has 4 heteroatoms. The molecule has 1 aliphatic rings. The molecule has 108 valence electrons. The number of amides is 1. The van der Waals surface area contributed by atoms with Gasteiger partial charge in [-0.2, -0.15) is 0 Å². The van der Waals surface area contributed by atoms with E-state index >= 15 is 0 Å². The Labute approximate surface area is 123 Å². The van der Waals surface area contributed by atoms with Crippen LogP contribution in [0.3, 0.4) is 0 Å². The van der Waals surface area contributed by atoms with Crippen molar-refractivity contribution < 1.29 is 13.9 Å². The average Bonchev–Trinajstić information content (AvgIpc) is 3.15. The molecule has 1 aromatic heterocycles. The molecule has 0 N–H and O–H groups in total. The summed E-state index contributed by atoms with van der Waals surface area (Å²) < 4.78 is 10.5. The number of ether oxygens (including phenoxy) is 1. The minimum Gasteiger partial charge on any atom is -0.467 e. The molecular weight excluding hydrogens is 266 g/mol. The van der Waals surface area contributed by atoms with Crippen molar-refractivity contribution in [2.45, 2.75) is 12.5 Å². The zero-order valence-corrected chi connectivity index (χ0v) is 11.7. The van der Waals surface area contributed by atoms with E-state index in [9.17, 15) is 4.79 Å². The van der Waals surface area contributed by atoms with Crippen molar-refractivity contribution in [3.8, 4) is 0 Å². The topological polar surface area (TPSA) is 42.7 Å². The van der Waals surface area contributed by atoms with Gasteiger partial charge in [-0.3, -0.25) is 4.90 Å². The fraction of sp³-hybridized carbons (Fsp3) is 0.235. The zero-order chi connectivity index (χ0) is 14.7. The Morgan fingerprint density at radius 1 is 1.24 bits per heavy atom. The Bertz CT molecular complexity index is 619. The van der Waals surface area contributed by atoms with Crippen LogP contribution in [0.2, 0.25) is 0 Å². The fourth-order valence-electron chi connectivity index (χ4n) is 2.49. The van der Waals surface area contributed by atoms with E-state index in [1.807, 2.05) is 42.5 Å². The van der Waals surface area contributed by atoms with Gasteiger partial charge in [-0.1, -0.05) is 36.9 Å². The first-order valence-corrected chi connectivity index (χ1v) is 6.95. The third kappa shape index (κ3) is 2.84. The Morgan fingerprint density at radius 2 is 2.05 bits per heavy atom. The van der Waals surface area contributed by atoms with Gasteiger partial charge >= 0.3 is 6.09 Å². The molecule has 2 heterocycles. The molecule has 1 fully saturated rings. The first-order valence-electron chi connectivity index (χ1n) is 6.95. The summed E-state index contributed by atoms with van der Waals surface area (Å²) >= 11 is 0. The molecule has 1 saturated heterocycles. The molecular formula is C17H17NO3. The van der Waals surface area contributed by atoms with Crippen molar-refractivity contribution >= 4 is 11.7 Å². The molecule has 4 nitrogen and oxygen atoms in total. The Balaban J connectivity index is 1.66. The van der Waals surface area contributed by atoms with Crippen molar-refractivity contribution in [2.24, 2.45) is 0 Å². The molecule has 0 aliphatic carbocycles. The molecule has 1 aliphatic heterocycles. The maximum Gasteiger partial charge on any atom is 0.410 e. The normalized spacial score (nSPS) is 17.8. The van der Waals surface area contributed by atoms with Crippen LogP contribution in [-0.2, 0) is 4.74 Å². The van der Waals surface area contributed by atoms with Gasteiger partial charge in [0.2, 0.25) is 0 Å². The van der Waals surface area contributed by atoms with Crippen LogP contribution in [0.1, 0.15) is 23.8 Å². The fourth-order valence-corrected chi connectivity index (χ4v) is 2.49.